The fourth-order valence-electron chi connectivity index (χ4n) is 1.90. The first kappa shape index (κ1) is 16.5. The average molecular weight is 334 g/mol. The van der Waals surface area contributed by atoms with Crippen LogP contribution in [0.25, 0.3) is 11.3 Å². The molecule has 23 heavy (non-hydrogen) atoms. The van der Waals surface area contributed by atoms with Crippen molar-refractivity contribution in [3.8, 4) is 17.1 Å². The number of carboxylic acids is 1. The van der Waals surface area contributed by atoms with E-state index < -0.39 is 5.97 Å². The topological polar surface area (TPSA) is 101 Å². The van der Waals surface area contributed by atoms with E-state index in [1.54, 1.807) is 18.2 Å². The van der Waals surface area contributed by atoms with Crippen LogP contribution in [-0.2, 0) is 4.79 Å². The number of hydrogen-bond acceptors (Lipinski definition) is 5. The van der Waals surface area contributed by atoms with E-state index >= 15 is 0 Å². The highest BCUT2D eigenvalue weighted by Gasteiger charge is 2.15. The summed E-state index contributed by atoms with van der Waals surface area (Å²) in [5, 5.41) is 14.4. The number of rotatable bonds is 4. The van der Waals surface area contributed by atoms with Crippen molar-refractivity contribution in [1.29, 1.82) is 0 Å². The van der Waals surface area contributed by atoms with Gasteiger partial charge in [-0.2, -0.15) is 0 Å². The van der Waals surface area contributed by atoms with E-state index in [1.807, 2.05) is 0 Å². The Morgan fingerprint density at radius 1 is 1.26 bits per heavy atom. The smallest absolute Gasteiger partial charge is 0.371 e. The molecule has 0 spiro atoms. The maximum absolute atomic E-state index is 11.0. The van der Waals surface area contributed by atoms with Crippen LogP contribution in [0.5, 0.6) is 5.75 Å². The van der Waals surface area contributed by atoms with E-state index in [9.17, 15) is 9.59 Å². The Labute approximate surface area is 137 Å². The average Bonchev–Trinajstić information content (AvgIpc) is 2.96. The lowest BCUT2D eigenvalue weighted by Gasteiger charge is -2.11. The van der Waals surface area contributed by atoms with Crippen molar-refractivity contribution in [2.75, 3.05) is 12.4 Å². The van der Waals surface area contributed by atoms with Gasteiger partial charge in [0.25, 0.3) is 0 Å². The van der Waals surface area contributed by atoms with Crippen molar-refractivity contribution in [2.24, 2.45) is 0 Å². The first-order valence-corrected chi connectivity index (χ1v) is 6.91. The van der Waals surface area contributed by atoms with Crippen LogP contribution in [0, 0.1) is 0 Å². The molecular weight excluding hydrogens is 320 g/mol. The van der Waals surface area contributed by atoms with Gasteiger partial charge in [0.2, 0.25) is 11.7 Å². The summed E-state index contributed by atoms with van der Waals surface area (Å²) in [4.78, 5) is 21.9. The lowest BCUT2D eigenvalue weighted by atomic mass is 10.1. The minimum absolute atomic E-state index is 0.152. The van der Waals surface area contributed by atoms with Crippen LogP contribution in [0.15, 0.2) is 34.7 Å². The second kappa shape index (κ2) is 6.93. The summed E-state index contributed by atoms with van der Waals surface area (Å²) in [6, 6.07) is 7.96. The van der Waals surface area contributed by atoms with Crippen LogP contribution >= 0.6 is 12.2 Å². The van der Waals surface area contributed by atoms with E-state index in [1.165, 1.54) is 26.2 Å². The SMILES string of the molecule is COc1ccc(NC(=S)NC(C)=O)cc1-c1ccc(C(=O)O)o1. The van der Waals surface area contributed by atoms with E-state index in [0.717, 1.165) is 0 Å². The third-order valence-electron chi connectivity index (χ3n) is 2.83. The Kier molecular flexibility index (Phi) is 4.97. The molecule has 0 aliphatic carbocycles. The number of nitrogens with one attached hydrogen (secondary N) is 2. The quantitative estimate of drug-likeness (QED) is 0.738. The number of thiocarbonyl (C=S) groups is 1. The molecule has 0 unspecified atom stereocenters. The Morgan fingerprint density at radius 2 is 2.00 bits per heavy atom. The Hall–Kier alpha value is -2.87. The number of aromatic carboxylic acids is 1. The van der Waals surface area contributed by atoms with E-state index in [4.69, 9.17) is 26.5 Å². The number of carboxylic acid groups (broad SMARTS) is 1. The predicted octanol–water partition coefficient (Wildman–Crippen LogP) is 2.49. The largest absolute Gasteiger partial charge is 0.496 e. The molecule has 0 atom stereocenters. The molecule has 0 radical (unpaired) electrons. The number of carbonyl (C=O) groups excluding carboxylic acids is 1. The third kappa shape index (κ3) is 4.07. The summed E-state index contributed by atoms with van der Waals surface area (Å²) in [5.74, 6) is -0.764. The third-order valence-corrected chi connectivity index (χ3v) is 3.03. The van der Waals surface area contributed by atoms with Gasteiger partial charge in [-0.1, -0.05) is 0 Å². The summed E-state index contributed by atoms with van der Waals surface area (Å²) >= 11 is 5.00. The highest BCUT2D eigenvalue weighted by molar-refractivity contribution is 7.80. The number of anilines is 1. The summed E-state index contributed by atoms with van der Waals surface area (Å²) in [5.41, 5.74) is 1.14. The van der Waals surface area contributed by atoms with E-state index in [-0.39, 0.29) is 16.8 Å². The fourth-order valence-corrected chi connectivity index (χ4v) is 2.16. The molecule has 0 aliphatic heterocycles. The molecule has 7 nitrogen and oxygen atoms in total. The summed E-state index contributed by atoms with van der Waals surface area (Å²) in [6.45, 7) is 1.35. The van der Waals surface area contributed by atoms with Gasteiger partial charge >= 0.3 is 5.97 Å². The zero-order valence-corrected chi connectivity index (χ0v) is 13.2. The molecule has 1 heterocycles. The maximum Gasteiger partial charge on any atom is 0.371 e. The Balaban J connectivity index is 2.33. The Bertz CT molecular complexity index is 769. The lowest BCUT2D eigenvalue weighted by Crippen LogP contribution is -2.32. The van der Waals surface area contributed by atoms with Crippen LogP contribution in [-0.4, -0.2) is 29.2 Å². The maximum atomic E-state index is 11.0. The molecule has 120 valence electrons. The van der Waals surface area contributed by atoms with Gasteiger partial charge in [0.1, 0.15) is 11.5 Å². The van der Waals surface area contributed by atoms with Gasteiger partial charge in [0.05, 0.1) is 12.7 Å². The molecular formula is C15H14N2O5S. The zero-order valence-electron chi connectivity index (χ0n) is 12.4. The fraction of sp³-hybridized carbons (Fsp3) is 0.133. The molecule has 2 rings (SSSR count). The molecule has 8 heteroatoms. The number of ether oxygens (including phenoxy) is 1. The summed E-state index contributed by atoms with van der Waals surface area (Å²) in [6.07, 6.45) is 0. The number of furan rings is 1. The number of methoxy groups -OCH3 is 1. The first-order valence-electron chi connectivity index (χ1n) is 6.51. The van der Waals surface area contributed by atoms with Crippen LogP contribution in [0.2, 0.25) is 0 Å². The molecule has 1 aromatic heterocycles. The van der Waals surface area contributed by atoms with Crippen molar-refractivity contribution < 1.29 is 23.8 Å². The number of hydrogen-bond donors (Lipinski definition) is 3. The second-order valence-corrected chi connectivity index (χ2v) is 4.93. The Morgan fingerprint density at radius 3 is 2.57 bits per heavy atom. The van der Waals surface area contributed by atoms with Crippen molar-refractivity contribution >= 4 is 34.9 Å². The molecule has 0 fully saturated rings. The van der Waals surface area contributed by atoms with Gasteiger partial charge in [0, 0.05) is 12.6 Å². The molecule has 0 saturated carbocycles. The predicted molar refractivity (Wildman–Crippen MR) is 87.7 cm³/mol. The standard InChI is InChI=1S/C15H14N2O5S/c1-8(18)16-15(23)17-9-3-4-11(21-2)10(7-9)12-5-6-13(22-12)14(19)20/h3-7H,1-2H3,(H,19,20)(H2,16,17,18,23). The number of amides is 1. The lowest BCUT2D eigenvalue weighted by molar-refractivity contribution is -0.117. The molecule has 1 aromatic carbocycles. The van der Waals surface area contributed by atoms with Crippen LogP contribution in [0.3, 0.4) is 0 Å². The minimum atomic E-state index is -1.16. The first-order chi connectivity index (χ1) is 10.9. The van der Waals surface area contributed by atoms with E-state index in [2.05, 4.69) is 10.6 Å². The van der Waals surface area contributed by atoms with Crippen LogP contribution < -0.4 is 15.4 Å². The molecule has 1 amide bonds. The monoisotopic (exact) mass is 334 g/mol. The highest BCUT2D eigenvalue weighted by atomic mass is 32.1. The van der Waals surface area contributed by atoms with Gasteiger partial charge in [-0.15, -0.1) is 0 Å². The number of carbonyl (C=O) groups is 2. The van der Waals surface area contributed by atoms with Gasteiger partial charge in [-0.3, -0.25) is 4.79 Å². The minimum Gasteiger partial charge on any atom is -0.496 e. The van der Waals surface area contributed by atoms with Crippen molar-refractivity contribution in [3.05, 3.63) is 36.1 Å². The van der Waals surface area contributed by atoms with E-state index in [0.29, 0.717) is 22.8 Å². The van der Waals surface area contributed by atoms with Crippen LogP contribution in [0.1, 0.15) is 17.5 Å². The molecule has 3 N–H and O–H groups in total. The zero-order chi connectivity index (χ0) is 17.0. The van der Waals surface area contributed by atoms with Gasteiger partial charge in [0.15, 0.2) is 5.11 Å². The summed E-state index contributed by atoms with van der Waals surface area (Å²) < 4.78 is 10.5. The van der Waals surface area contributed by atoms with Crippen molar-refractivity contribution in [1.82, 2.24) is 5.32 Å². The van der Waals surface area contributed by atoms with Crippen molar-refractivity contribution in [3.63, 3.8) is 0 Å². The molecule has 0 aliphatic rings. The van der Waals surface area contributed by atoms with Gasteiger partial charge in [-0.25, -0.2) is 4.79 Å². The molecule has 0 saturated heterocycles. The van der Waals surface area contributed by atoms with Gasteiger partial charge < -0.3 is 24.9 Å². The van der Waals surface area contributed by atoms with Crippen LogP contribution in [0.4, 0.5) is 5.69 Å². The molecule has 0 bridgehead atoms. The second-order valence-electron chi connectivity index (χ2n) is 4.52. The number of benzene rings is 1. The van der Waals surface area contributed by atoms with Crippen molar-refractivity contribution in [2.45, 2.75) is 6.92 Å². The van der Waals surface area contributed by atoms with Gasteiger partial charge in [-0.05, 0) is 42.5 Å². The molecule has 2 aromatic rings. The highest BCUT2D eigenvalue weighted by Crippen LogP contribution is 2.33. The normalized spacial score (nSPS) is 10.0. The summed E-state index contributed by atoms with van der Waals surface area (Å²) in [7, 11) is 1.49.